The van der Waals surface area contributed by atoms with Gasteiger partial charge in [-0.05, 0) is 89.9 Å². The van der Waals surface area contributed by atoms with Gasteiger partial charge in [0.15, 0.2) is 6.10 Å². The lowest BCUT2D eigenvalue weighted by atomic mass is 10.0. The first-order valence-electron chi connectivity index (χ1n) is 35.4. The first-order chi connectivity index (χ1) is 40.0. The molecular weight excluding hydrogens is 997 g/mol. The Hall–Kier alpha value is -3.15. The smallest absolute Gasteiger partial charge is 0.306 e. The Kier molecular flexibility index (Phi) is 66.6. The lowest BCUT2D eigenvalue weighted by Gasteiger charge is -2.18. The maximum Gasteiger partial charge on any atom is 0.306 e. The van der Waals surface area contributed by atoms with E-state index in [4.69, 9.17) is 14.2 Å². The molecule has 0 saturated carbocycles. The molecule has 0 heterocycles. The molecule has 0 aromatic heterocycles. The van der Waals surface area contributed by atoms with E-state index < -0.39 is 6.10 Å². The molecule has 470 valence electrons. The van der Waals surface area contributed by atoms with Crippen LogP contribution in [-0.2, 0) is 28.6 Å². The highest BCUT2D eigenvalue weighted by molar-refractivity contribution is 5.71. The predicted molar refractivity (Wildman–Crippen MR) is 353 cm³/mol. The monoisotopic (exact) mass is 1130 g/mol. The summed E-state index contributed by atoms with van der Waals surface area (Å²) in [6.45, 7) is 6.56. The highest BCUT2D eigenvalue weighted by Gasteiger charge is 2.19. The van der Waals surface area contributed by atoms with E-state index in [1.54, 1.807) is 0 Å². The van der Waals surface area contributed by atoms with Gasteiger partial charge < -0.3 is 14.2 Å². The number of rotatable bonds is 65. The average molecular weight is 1130 g/mol. The maximum absolute atomic E-state index is 12.9. The Bertz CT molecular complexity index is 1490. The van der Waals surface area contributed by atoms with Crippen molar-refractivity contribution in [2.24, 2.45) is 0 Å². The number of ether oxygens (including phenoxy) is 3. The summed E-state index contributed by atoms with van der Waals surface area (Å²) in [6.07, 6.45) is 90.8. The van der Waals surface area contributed by atoms with Crippen LogP contribution in [0.2, 0.25) is 0 Å². The van der Waals surface area contributed by atoms with Gasteiger partial charge in [-0.15, -0.1) is 0 Å². The third-order valence-electron chi connectivity index (χ3n) is 15.7. The van der Waals surface area contributed by atoms with Crippen molar-refractivity contribution in [3.63, 3.8) is 0 Å². The van der Waals surface area contributed by atoms with E-state index in [1.165, 1.54) is 218 Å². The maximum atomic E-state index is 12.9. The summed E-state index contributed by atoms with van der Waals surface area (Å²) in [6, 6.07) is 0. The van der Waals surface area contributed by atoms with E-state index in [1.807, 2.05) is 0 Å². The minimum atomic E-state index is -0.781. The topological polar surface area (TPSA) is 78.9 Å². The molecule has 1 atom stereocenters. The summed E-state index contributed by atoms with van der Waals surface area (Å²) in [4.78, 5) is 38.4. The van der Waals surface area contributed by atoms with Gasteiger partial charge in [0.05, 0.1) is 0 Å². The summed E-state index contributed by atoms with van der Waals surface area (Å²) in [5.41, 5.74) is 0. The minimum absolute atomic E-state index is 0.0766. The van der Waals surface area contributed by atoms with Crippen LogP contribution in [0.15, 0.2) is 72.9 Å². The Labute approximate surface area is 503 Å². The summed E-state index contributed by atoms with van der Waals surface area (Å²) < 4.78 is 17.0. The second kappa shape index (κ2) is 69.3. The molecule has 0 amide bonds. The van der Waals surface area contributed by atoms with Crippen molar-refractivity contribution in [1.82, 2.24) is 0 Å². The van der Waals surface area contributed by atoms with Gasteiger partial charge in [0, 0.05) is 19.3 Å². The third-order valence-corrected chi connectivity index (χ3v) is 15.7. The highest BCUT2D eigenvalue weighted by Crippen LogP contribution is 2.18. The Morgan fingerprint density at radius 1 is 0.259 bits per heavy atom. The molecule has 0 bridgehead atoms. The van der Waals surface area contributed by atoms with Gasteiger partial charge in [-0.3, -0.25) is 14.4 Å². The zero-order valence-corrected chi connectivity index (χ0v) is 54.1. The van der Waals surface area contributed by atoms with E-state index in [2.05, 4.69) is 93.7 Å². The normalized spacial score (nSPS) is 12.5. The number of unbranched alkanes of at least 4 members (excludes halogenated alkanes) is 42. The fraction of sp³-hybridized carbons (Fsp3) is 0.800. The van der Waals surface area contributed by atoms with Crippen molar-refractivity contribution in [2.75, 3.05) is 13.2 Å². The molecule has 0 aliphatic carbocycles. The van der Waals surface area contributed by atoms with Crippen molar-refractivity contribution < 1.29 is 28.6 Å². The Morgan fingerprint density at radius 2 is 0.481 bits per heavy atom. The molecule has 6 heteroatoms. The van der Waals surface area contributed by atoms with Crippen LogP contribution in [0.3, 0.4) is 0 Å². The van der Waals surface area contributed by atoms with Crippen molar-refractivity contribution in [1.29, 1.82) is 0 Å². The van der Waals surface area contributed by atoms with Crippen LogP contribution in [-0.4, -0.2) is 37.2 Å². The zero-order valence-electron chi connectivity index (χ0n) is 54.1. The van der Waals surface area contributed by atoms with Gasteiger partial charge in [-0.1, -0.05) is 331 Å². The molecule has 0 saturated heterocycles. The van der Waals surface area contributed by atoms with Gasteiger partial charge >= 0.3 is 17.9 Å². The Morgan fingerprint density at radius 3 is 0.753 bits per heavy atom. The van der Waals surface area contributed by atoms with Crippen molar-refractivity contribution in [3.05, 3.63) is 72.9 Å². The molecule has 0 spiro atoms. The highest BCUT2D eigenvalue weighted by atomic mass is 16.6. The van der Waals surface area contributed by atoms with Gasteiger partial charge in [-0.2, -0.15) is 0 Å². The quantitative estimate of drug-likeness (QED) is 0.0261. The van der Waals surface area contributed by atoms with E-state index >= 15 is 0 Å². The Balaban J connectivity index is 4.21. The van der Waals surface area contributed by atoms with Crippen molar-refractivity contribution in [3.8, 4) is 0 Å². The molecule has 0 fully saturated rings. The number of carbonyl (C=O) groups is 3. The minimum Gasteiger partial charge on any atom is -0.462 e. The van der Waals surface area contributed by atoms with Crippen LogP contribution in [0.4, 0.5) is 0 Å². The van der Waals surface area contributed by atoms with Crippen molar-refractivity contribution >= 4 is 17.9 Å². The van der Waals surface area contributed by atoms with Crippen LogP contribution >= 0.6 is 0 Å². The number of hydrogen-bond acceptors (Lipinski definition) is 6. The molecule has 6 nitrogen and oxygen atoms in total. The molecule has 0 aromatic rings. The van der Waals surface area contributed by atoms with Crippen LogP contribution in [0.5, 0.6) is 0 Å². The molecule has 1 unspecified atom stereocenters. The van der Waals surface area contributed by atoms with E-state index in [0.717, 1.165) is 109 Å². The fourth-order valence-electron chi connectivity index (χ4n) is 10.4. The first-order valence-corrected chi connectivity index (χ1v) is 35.4. The summed E-state index contributed by atoms with van der Waals surface area (Å²) >= 11 is 0. The van der Waals surface area contributed by atoms with Crippen LogP contribution in [0.25, 0.3) is 0 Å². The van der Waals surface area contributed by atoms with Gasteiger partial charge in [0.2, 0.25) is 0 Å². The fourth-order valence-corrected chi connectivity index (χ4v) is 10.4. The first kappa shape index (κ1) is 77.9. The van der Waals surface area contributed by atoms with Gasteiger partial charge in [0.1, 0.15) is 13.2 Å². The van der Waals surface area contributed by atoms with Gasteiger partial charge in [-0.25, -0.2) is 0 Å². The third kappa shape index (κ3) is 67.5. The molecule has 0 aliphatic rings. The molecule has 0 radical (unpaired) electrons. The molecular formula is C75H134O6. The molecule has 81 heavy (non-hydrogen) atoms. The summed E-state index contributed by atoms with van der Waals surface area (Å²) in [5.74, 6) is -0.872. The van der Waals surface area contributed by atoms with E-state index in [0.29, 0.717) is 19.3 Å². The largest absolute Gasteiger partial charge is 0.462 e. The van der Waals surface area contributed by atoms with Gasteiger partial charge in [0.25, 0.3) is 0 Å². The summed E-state index contributed by atoms with van der Waals surface area (Å²) in [5, 5.41) is 0. The van der Waals surface area contributed by atoms with Crippen LogP contribution in [0.1, 0.15) is 367 Å². The molecule has 0 aliphatic heterocycles. The van der Waals surface area contributed by atoms with Crippen LogP contribution < -0.4 is 0 Å². The zero-order chi connectivity index (χ0) is 58.5. The second-order valence-electron chi connectivity index (χ2n) is 23.8. The lowest BCUT2D eigenvalue weighted by molar-refractivity contribution is -0.167. The SMILES string of the molecule is CC/C=C\C/C=C\C/C=C\CCCCCCCC(=O)OCC(COC(=O)CCCCCCCCCCCCCCCCCC/C=C\C/C=C\C/C=C\CCCCCCC)OC(=O)CCCCCCCCCCCCCCCCCCC. The summed E-state index contributed by atoms with van der Waals surface area (Å²) in [7, 11) is 0. The average Bonchev–Trinajstić information content (AvgIpc) is 3.47. The van der Waals surface area contributed by atoms with Crippen LogP contribution in [0, 0.1) is 0 Å². The van der Waals surface area contributed by atoms with E-state index in [9.17, 15) is 14.4 Å². The number of allylic oxidation sites excluding steroid dienone is 12. The number of hydrogen-bond donors (Lipinski definition) is 0. The second-order valence-corrected chi connectivity index (χ2v) is 23.8. The van der Waals surface area contributed by atoms with E-state index in [-0.39, 0.29) is 31.1 Å². The molecule has 0 N–H and O–H groups in total. The predicted octanol–water partition coefficient (Wildman–Crippen LogP) is 24.4. The standard InChI is InChI=1S/C75H134O6/c1-4-7-10-13-16-19-22-25-28-30-31-32-33-34-35-36-37-38-39-40-41-42-43-45-47-50-53-56-59-62-65-68-74(77)80-71-72(70-79-73(76)67-64-61-58-55-52-49-46-27-24-21-18-15-12-9-6-3)81-75(78)69-66-63-60-57-54-51-48-44-29-26-23-20-17-14-11-8-5-2/h9,12,18,21-22,25,27,30-31,33-34,46,72H,4-8,10-11,13-17,19-20,23-24,26,28-29,32,35-45,47-71H2,1-3H3/b12-9-,21-18-,25-22-,31-30-,34-33-,46-27-. The lowest BCUT2D eigenvalue weighted by Crippen LogP contribution is -2.30. The number of esters is 3. The molecule has 0 rings (SSSR count). The molecule has 0 aromatic carbocycles. The number of carbonyl (C=O) groups excluding carboxylic acids is 3. The van der Waals surface area contributed by atoms with Crippen molar-refractivity contribution in [2.45, 2.75) is 374 Å².